The van der Waals surface area contributed by atoms with Crippen LogP contribution in [0.2, 0.25) is 0 Å². The molecule has 1 atom stereocenters. The van der Waals surface area contributed by atoms with Crippen LogP contribution in [0.1, 0.15) is 24.6 Å². The summed E-state index contributed by atoms with van der Waals surface area (Å²) >= 11 is 0. The van der Waals surface area contributed by atoms with Crippen molar-refractivity contribution >= 4 is 17.8 Å². The Kier molecular flexibility index (Phi) is 7.77. The van der Waals surface area contributed by atoms with Gasteiger partial charge in [-0.3, -0.25) is 30.2 Å². The van der Waals surface area contributed by atoms with E-state index in [0.29, 0.717) is 49.3 Å². The van der Waals surface area contributed by atoms with Gasteiger partial charge in [0.15, 0.2) is 6.10 Å². The number of ether oxygens (including phenoxy) is 2. The van der Waals surface area contributed by atoms with E-state index in [9.17, 15) is 18.8 Å². The van der Waals surface area contributed by atoms with Crippen molar-refractivity contribution in [1.29, 1.82) is 0 Å². The molecule has 1 aliphatic rings. The minimum absolute atomic E-state index is 0.0179. The monoisotopic (exact) mass is 447 g/mol. The van der Waals surface area contributed by atoms with Gasteiger partial charge in [0.25, 0.3) is 11.5 Å². The molecule has 1 aliphatic heterocycles. The number of hydrazine groups is 1. The van der Waals surface area contributed by atoms with E-state index in [1.165, 1.54) is 31.2 Å². The van der Waals surface area contributed by atoms with Gasteiger partial charge in [-0.15, -0.1) is 0 Å². The second kappa shape index (κ2) is 10.7. The van der Waals surface area contributed by atoms with Gasteiger partial charge in [0.05, 0.1) is 13.2 Å². The van der Waals surface area contributed by atoms with Crippen molar-refractivity contribution in [3.8, 4) is 5.75 Å². The molecule has 1 aromatic heterocycles. The first-order valence-corrected chi connectivity index (χ1v) is 10.3. The molecule has 1 aromatic carbocycles. The van der Waals surface area contributed by atoms with E-state index in [1.807, 2.05) is 4.90 Å². The van der Waals surface area contributed by atoms with Gasteiger partial charge in [0, 0.05) is 30.8 Å². The smallest absolute Gasteiger partial charge is 0.279 e. The third kappa shape index (κ3) is 6.27. The molecule has 1 saturated heterocycles. The molecule has 0 aliphatic carbocycles. The Morgan fingerprint density at radius 2 is 1.94 bits per heavy atom. The van der Waals surface area contributed by atoms with Crippen LogP contribution in [0.4, 0.5) is 10.3 Å². The zero-order valence-corrected chi connectivity index (χ0v) is 17.9. The van der Waals surface area contributed by atoms with Crippen LogP contribution < -0.4 is 26.0 Å². The molecule has 2 aromatic rings. The second-order valence-corrected chi connectivity index (χ2v) is 7.30. The minimum atomic E-state index is -0.914. The Morgan fingerprint density at radius 3 is 2.59 bits per heavy atom. The average Bonchev–Trinajstić information content (AvgIpc) is 2.78. The van der Waals surface area contributed by atoms with Crippen molar-refractivity contribution in [1.82, 2.24) is 20.8 Å². The number of aryl methyl sites for hydroxylation is 1. The molecule has 0 bridgehead atoms. The highest BCUT2D eigenvalue weighted by molar-refractivity contribution is 5.84. The normalized spacial score (nSPS) is 14.5. The Labute approximate surface area is 184 Å². The van der Waals surface area contributed by atoms with E-state index in [4.69, 9.17) is 9.47 Å². The van der Waals surface area contributed by atoms with Gasteiger partial charge < -0.3 is 14.4 Å². The summed E-state index contributed by atoms with van der Waals surface area (Å²) in [6.45, 7) is 5.66. The molecule has 0 saturated carbocycles. The molecule has 1 fully saturated rings. The number of H-pyrrole nitrogens is 1. The molecule has 0 radical (unpaired) electrons. The lowest BCUT2D eigenvalue weighted by molar-refractivity contribution is -0.132. The number of hydrogen-bond donors (Lipinski definition) is 3. The number of benzene rings is 1. The molecule has 10 nitrogen and oxygen atoms in total. The second-order valence-electron chi connectivity index (χ2n) is 7.30. The summed E-state index contributed by atoms with van der Waals surface area (Å²) in [4.78, 5) is 45.8. The van der Waals surface area contributed by atoms with Crippen molar-refractivity contribution in [3.05, 3.63) is 51.7 Å². The SMILES string of the molecule is Cc1nc(N2CCOCC2)[nH]c(=O)c1CCC(=O)NNC(=O)C(C)Oc1ccc(F)cc1. The molecule has 2 amide bonds. The van der Waals surface area contributed by atoms with Crippen molar-refractivity contribution in [3.63, 3.8) is 0 Å². The molecule has 32 heavy (non-hydrogen) atoms. The predicted octanol–water partition coefficient (Wildman–Crippen LogP) is 0.602. The number of amides is 2. The lowest BCUT2D eigenvalue weighted by Crippen LogP contribution is -2.47. The molecule has 0 spiro atoms. The Bertz CT molecular complexity index is 1000. The van der Waals surface area contributed by atoms with Crippen molar-refractivity contribution in [2.75, 3.05) is 31.2 Å². The Hall–Kier alpha value is -3.47. The molecule has 3 rings (SSSR count). The zero-order chi connectivity index (χ0) is 23.1. The number of aromatic amines is 1. The van der Waals surface area contributed by atoms with E-state index < -0.39 is 23.7 Å². The van der Waals surface area contributed by atoms with Gasteiger partial charge in [-0.25, -0.2) is 9.37 Å². The number of nitrogens with one attached hydrogen (secondary N) is 3. The summed E-state index contributed by atoms with van der Waals surface area (Å²) in [5, 5.41) is 0. The predicted molar refractivity (Wildman–Crippen MR) is 114 cm³/mol. The lowest BCUT2D eigenvalue weighted by Gasteiger charge is -2.27. The van der Waals surface area contributed by atoms with Crippen molar-refractivity contribution < 1.29 is 23.5 Å². The van der Waals surface area contributed by atoms with Crippen LogP contribution in [-0.4, -0.2) is 54.2 Å². The summed E-state index contributed by atoms with van der Waals surface area (Å²) in [6, 6.07) is 5.23. The summed E-state index contributed by atoms with van der Waals surface area (Å²) in [5.41, 5.74) is 5.24. The molecule has 2 heterocycles. The van der Waals surface area contributed by atoms with Gasteiger partial charge in [-0.2, -0.15) is 0 Å². The standard InChI is InChI=1S/C21H26FN5O5/c1-13-17(20(30)24-21(23-13)27-9-11-31-12-10-27)7-8-18(28)25-26-19(29)14(2)32-16-5-3-15(22)4-6-16/h3-6,14H,7-12H2,1-2H3,(H,25,28)(H,26,29)(H,23,24,30). The number of aromatic nitrogens is 2. The first-order valence-electron chi connectivity index (χ1n) is 10.3. The number of morpholine rings is 1. The maximum atomic E-state index is 12.9. The number of carbonyl (C=O) groups is 2. The van der Waals surface area contributed by atoms with Crippen LogP contribution in [-0.2, 0) is 20.7 Å². The number of anilines is 1. The molecule has 11 heteroatoms. The topological polar surface area (TPSA) is 126 Å². The summed E-state index contributed by atoms with van der Waals surface area (Å²) in [7, 11) is 0. The lowest BCUT2D eigenvalue weighted by atomic mass is 10.1. The third-order valence-electron chi connectivity index (χ3n) is 4.94. The van der Waals surface area contributed by atoms with Crippen LogP contribution in [0.5, 0.6) is 5.75 Å². The Balaban J connectivity index is 1.47. The van der Waals surface area contributed by atoms with Crippen LogP contribution in [0.25, 0.3) is 0 Å². The fourth-order valence-electron chi connectivity index (χ4n) is 3.12. The summed E-state index contributed by atoms with van der Waals surface area (Å²) in [6.07, 6.45) is -0.764. The molecule has 3 N–H and O–H groups in total. The molecular weight excluding hydrogens is 421 g/mol. The number of hydrogen-bond acceptors (Lipinski definition) is 7. The summed E-state index contributed by atoms with van der Waals surface area (Å²) in [5.74, 6) is -0.646. The fourth-order valence-corrected chi connectivity index (χ4v) is 3.12. The zero-order valence-electron chi connectivity index (χ0n) is 17.9. The largest absolute Gasteiger partial charge is 0.481 e. The highest BCUT2D eigenvalue weighted by Gasteiger charge is 2.18. The fraction of sp³-hybridized carbons (Fsp3) is 0.429. The van der Waals surface area contributed by atoms with Gasteiger partial charge in [0.2, 0.25) is 11.9 Å². The first kappa shape index (κ1) is 23.2. The number of carbonyl (C=O) groups excluding carboxylic acids is 2. The first-order chi connectivity index (χ1) is 15.3. The summed E-state index contributed by atoms with van der Waals surface area (Å²) < 4.78 is 23.6. The quantitative estimate of drug-likeness (QED) is 0.531. The van der Waals surface area contributed by atoms with Crippen LogP contribution >= 0.6 is 0 Å². The maximum absolute atomic E-state index is 12.9. The van der Waals surface area contributed by atoms with E-state index in [2.05, 4.69) is 20.8 Å². The van der Waals surface area contributed by atoms with E-state index in [1.54, 1.807) is 6.92 Å². The van der Waals surface area contributed by atoms with Gasteiger partial charge in [-0.1, -0.05) is 0 Å². The number of halogens is 1. The van der Waals surface area contributed by atoms with Gasteiger partial charge in [0.1, 0.15) is 11.6 Å². The van der Waals surface area contributed by atoms with Crippen LogP contribution in [0, 0.1) is 12.7 Å². The maximum Gasteiger partial charge on any atom is 0.279 e. The average molecular weight is 447 g/mol. The highest BCUT2D eigenvalue weighted by atomic mass is 19.1. The molecule has 172 valence electrons. The van der Waals surface area contributed by atoms with Crippen molar-refractivity contribution in [2.45, 2.75) is 32.8 Å². The van der Waals surface area contributed by atoms with Gasteiger partial charge >= 0.3 is 0 Å². The van der Waals surface area contributed by atoms with E-state index >= 15 is 0 Å². The van der Waals surface area contributed by atoms with E-state index in [-0.39, 0.29) is 18.4 Å². The molecular formula is C21H26FN5O5. The number of rotatable bonds is 7. The third-order valence-corrected chi connectivity index (χ3v) is 4.94. The Morgan fingerprint density at radius 1 is 1.25 bits per heavy atom. The van der Waals surface area contributed by atoms with Crippen LogP contribution in [0.15, 0.2) is 29.1 Å². The van der Waals surface area contributed by atoms with Crippen molar-refractivity contribution in [2.24, 2.45) is 0 Å². The minimum Gasteiger partial charge on any atom is -0.481 e. The number of nitrogens with zero attached hydrogens (tertiary/aromatic N) is 2. The molecule has 1 unspecified atom stereocenters. The van der Waals surface area contributed by atoms with Gasteiger partial charge in [-0.05, 0) is 44.5 Å². The highest BCUT2D eigenvalue weighted by Crippen LogP contribution is 2.13. The van der Waals surface area contributed by atoms with Crippen LogP contribution in [0.3, 0.4) is 0 Å². The van der Waals surface area contributed by atoms with E-state index in [0.717, 1.165) is 0 Å².